The normalized spacial score (nSPS) is 14.3. The van der Waals surface area contributed by atoms with E-state index in [9.17, 15) is 9.59 Å². The van der Waals surface area contributed by atoms with Crippen molar-refractivity contribution in [2.75, 3.05) is 20.3 Å². The van der Waals surface area contributed by atoms with Crippen molar-refractivity contribution in [3.63, 3.8) is 0 Å². The molecule has 39 heavy (non-hydrogen) atoms. The van der Waals surface area contributed by atoms with Crippen LogP contribution in [-0.2, 0) is 11.4 Å². The number of fused-ring (bicyclic) bond motifs is 1. The molecule has 0 radical (unpaired) electrons. The summed E-state index contributed by atoms with van der Waals surface area (Å²) in [6.45, 7) is 2.83. The second-order valence-corrected chi connectivity index (χ2v) is 11.1. The molecule has 0 atom stereocenters. The van der Waals surface area contributed by atoms with E-state index in [-0.39, 0.29) is 24.3 Å². The van der Waals surface area contributed by atoms with Gasteiger partial charge in [-0.3, -0.25) is 14.5 Å². The van der Waals surface area contributed by atoms with Crippen LogP contribution in [0, 0.1) is 10.5 Å². The molecule has 198 valence electrons. The van der Waals surface area contributed by atoms with E-state index in [1.54, 1.807) is 13.2 Å². The average Bonchev–Trinajstić information content (AvgIpc) is 3.20. The van der Waals surface area contributed by atoms with E-state index in [2.05, 4.69) is 22.6 Å². The van der Waals surface area contributed by atoms with E-state index in [4.69, 9.17) is 14.2 Å². The summed E-state index contributed by atoms with van der Waals surface area (Å²) in [7, 11) is 1.58. The van der Waals surface area contributed by atoms with Crippen LogP contribution in [0.25, 0.3) is 16.8 Å². The summed E-state index contributed by atoms with van der Waals surface area (Å²) in [5, 5.41) is 1.75. The standard InChI is InChI=1S/C31H26INO5S/c1-20-8-3-4-10-23(20)19-38-29-25(32)16-21(17-27(29)36-2)18-28-30(34)33(31(35)39-28)14-15-37-26-13-7-11-22-9-5-6-12-24(22)26/h3-13,16-18H,14-15,19H2,1-2H3/b28-18-. The molecule has 0 bridgehead atoms. The van der Waals surface area contributed by atoms with Gasteiger partial charge in [0.15, 0.2) is 11.5 Å². The van der Waals surface area contributed by atoms with Crippen molar-refractivity contribution in [1.82, 2.24) is 4.90 Å². The van der Waals surface area contributed by atoms with Crippen LogP contribution in [0.5, 0.6) is 17.2 Å². The lowest BCUT2D eigenvalue weighted by Crippen LogP contribution is -2.32. The minimum absolute atomic E-state index is 0.164. The van der Waals surface area contributed by atoms with Crippen molar-refractivity contribution in [2.45, 2.75) is 13.5 Å². The number of carbonyl (C=O) groups excluding carboxylic acids is 2. The summed E-state index contributed by atoms with van der Waals surface area (Å²) >= 11 is 3.12. The summed E-state index contributed by atoms with van der Waals surface area (Å²) in [6, 6.07) is 25.6. The third-order valence-electron chi connectivity index (χ3n) is 6.38. The number of thioether (sulfide) groups is 1. The van der Waals surface area contributed by atoms with Crippen LogP contribution in [0.4, 0.5) is 4.79 Å². The van der Waals surface area contributed by atoms with Crippen molar-refractivity contribution in [1.29, 1.82) is 0 Å². The van der Waals surface area contributed by atoms with Crippen molar-refractivity contribution in [3.05, 3.63) is 104 Å². The molecule has 8 heteroatoms. The maximum atomic E-state index is 13.1. The molecule has 1 fully saturated rings. The molecule has 1 heterocycles. The number of methoxy groups -OCH3 is 1. The van der Waals surface area contributed by atoms with Crippen LogP contribution < -0.4 is 14.2 Å². The Bertz CT molecular complexity index is 1580. The zero-order chi connectivity index (χ0) is 27.4. The lowest BCUT2D eigenvalue weighted by Gasteiger charge is -2.15. The molecule has 4 aromatic carbocycles. The second-order valence-electron chi connectivity index (χ2n) is 8.91. The van der Waals surface area contributed by atoms with E-state index in [0.29, 0.717) is 23.0 Å². The Balaban J connectivity index is 1.27. The van der Waals surface area contributed by atoms with Crippen molar-refractivity contribution in [2.24, 2.45) is 0 Å². The first kappa shape index (κ1) is 27.1. The van der Waals surface area contributed by atoms with Gasteiger partial charge in [-0.2, -0.15) is 0 Å². The maximum Gasteiger partial charge on any atom is 0.293 e. The molecular weight excluding hydrogens is 625 g/mol. The molecule has 4 aromatic rings. The highest BCUT2D eigenvalue weighted by Gasteiger charge is 2.35. The molecule has 0 aliphatic carbocycles. The lowest BCUT2D eigenvalue weighted by atomic mass is 10.1. The number of amides is 2. The molecule has 6 nitrogen and oxygen atoms in total. The summed E-state index contributed by atoms with van der Waals surface area (Å²) in [4.78, 5) is 27.3. The highest BCUT2D eigenvalue weighted by Crippen LogP contribution is 2.38. The van der Waals surface area contributed by atoms with Gasteiger partial charge < -0.3 is 14.2 Å². The SMILES string of the molecule is COc1cc(/C=C2\SC(=O)N(CCOc3cccc4ccccc34)C2=O)cc(I)c1OCc1ccccc1C. The highest BCUT2D eigenvalue weighted by atomic mass is 127. The van der Waals surface area contributed by atoms with Crippen LogP contribution in [0.2, 0.25) is 0 Å². The van der Waals surface area contributed by atoms with Crippen LogP contribution in [0.1, 0.15) is 16.7 Å². The fourth-order valence-corrected chi connectivity index (χ4v) is 5.94. The molecule has 2 amide bonds. The summed E-state index contributed by atoms with van der Waals surface area (Å²) < 4.78 is 18.5. The molecule has 0 spiro atoms. The monoisotopic (exact) mass is 651 g/mol. The molecule has 1 aliphatic heterocycles. The minimum Gasteiger partial charge on any atom is -0.493 e. The van der Waals surface area contributed by atoms with Gasteiger partial charge in [0, 0.05) is 5.39 Å². The highest BCUT2D eigenvalue weighted by molar-refractivity contribution is 14.1. The molecule has 0 unspecified atom stereocenters. The average molecular weight is 652 g/mol. The molecule has 0 N–H and O–H groups in total. The van der Waals surface area contributed by atoms with Gasteiger partial charge in [-0.1, -0.05) is 60.7 Å². The van der Waals surface area contributed by atoms with Gasteiger partial charge in [0.25, 0.3) is 11.1 Å². The summed E-state index contributed by atoms with van der Waals surface area (Å²) in [6.07, 6.45) is 1.71. The predicted octanol–water partition coefficient (Wildman–Crippen LogP) is 7.46. The number of benzene rings is 4. The number of aryl methyl sites for hydroxylation is 1. The van der Waals surface area contributed by atoms with Crippen LogP contribution in [-0.4, -0.2) is 36.3 Å². The van der Waals surface area contributed by atoms with Crippen LogP contribution >= 0.6 is 34.4 Å². The van der Waals surface area contributed by atoms with E-state index in [1.807, 2.05) is 85.8 Å². The Morgan fingerprint density at radius 3 is 2.51 bits per heavy atom. The van der Waals surface area contributed by atoms with Crippen molar-refractivity contribution >= 4 is 62.3 Å². The van der Waals surface area contributed by atoms with Gasteiger partial charge in [0.05, 0.1) is 22.1 Å². The predicted molar refractivity (Wildman–Crippen MR) is 163 cm³/mol. The maximum absolute atomic E-state index is 13.1. The molecule has 0 aromatic heterocycles. The third-order valence-corrected chi connectivity index (χ3v) is 8.09. The van der Waals surface area contributed by atoms with Crippen LogP contribution in [0.15, 0.2) is 83.8 Å². The fourth-order valence-electron chi connectivity index (χ4n) is 4.30. The fraction of sp³-hybridized carbons (Fsp3) is 0.161. The first-order chi connectivity index (χ1) is 18.9. The van der Waals surface area contributed by atoms with Crippen LogP contribution in [0.3, 0.4) is 0 Å². The van der Waals surface area contributed by atoms with Gasteiger partial charge in [-0.05, 0) is 87.6 Å². The molecule has 1 saturated heterocycles. The minimum atomic E-state index is -0.333. The Labute approximate surface area is 245 Å². The summed E-state index contributed by atoms with van der Waals surface area (Å²) in [5.41, 5.74) is 3.00. The Morgan fingerprint density at radius 2 is 1.69 bits per heavy atom. The number of imide groups is 1. The largest absolute Gasteiger partial charge is 0.493 e. The Kier molecular flexibility index (Phi) is 8.42. The number of rotatable bonds is 9. The summed E-state index contributed by atoms with van der Waals surface area (Å²) in [5.74, 6) is 1.59. The van der Waals surface area contributed by atoms with Gasteiger partial charge in [0.1, 0.15) is 19.0 Å². The van der Waals surface area contributed by atoms with Gasteiger partial charge in [-0.15, -0.1) is 0 Å². The second kappa shape index (κ2) is 12.1. The molecule has 5 rings (SSSR count). The number of ether oxygens (including phenoxy) is 3. The molecule has 1 aliphatic rings. The van der Waals surface area contributed by atoms with E-state index in [1.165, 1.54) is 4.90 Å². The number of halogens is 1. The topological polar surface area (TPSA) is 65.1 Å². The Morgan fingerprint density at radius 1 is 0.923 bits per heavy atom. The van der Waals surface area contributed by atoms with Gasteiger partial charge in [-0.25, -0.2) is 0 Å². The van der Waals surface area contributed by atoms with E-state index in [0.717, 1.165) is 48.5 Å². The van der Waals surface area contributed by atoms with E-state index >= 15 is 0 Å². The van der Waals surface area contributed by atoms with Gasteiger partial charge in [0.2, 0.25) is 0 Å². The first-order valence-corrected chi connectivity index (χ1v) is 14.2. The van der Waals surface area contributed by atoms with Gasteiger partial charge >= 0.3 is 0 Å². The van der Waals surface area contributed by atoms with Crippen molar-refractivity contribution < 1.29 is 23.8 Å². The molecular formula is C31H26INO5S. The zero-order valence-electron chi connectivity index (χ0n) is 21.5. The van der Waals surface area contributed by atoms with E-state index < -0.39 is 0 Å². The number of carbonyl (C=O) groups is 2. The first-order valence-electron chi connectivity index (χ1n) is 12.4. The number of hydrogen-bond donors (Lipinski definition) is 0. The quantitative estimate of drug-likeness (QED) is 0.138. The Hall–Kier alpha value is -3.50. The number of hydrogen-bond acceptors (Lipinski definition) is 6. The molecule has 0 saturated carbocycles. The smallest absolute Gasteiger partial charge is 0.293 e. The van der Waals surface area contributed by atoms with Crippen molar-refractivity contribution in [3.8, 4) is 17.2 Å². The number of nitrogens with zero attached hydrogens (tertiary/aromatic N) is 1. The third kappa shape index (κ3) is 6.07. The zero-order valence-corrected chi connectivity index (χ0v) is 24.5. The lowest BCUT2D eigenvalue weighted by molar-refractivity contribution is -0.123.